The summed E-state index contributed by atoms with van der Waals surface area (Å²) in [4.78, 5) is 13.0. The molecule has 0 unspecified atom stereocenters. The van der Waals surface area contributed by atoms with Crippen molar-refractivity contribution in [2.24, 2.45) is 0 Å². The van der Waals surface area contributed by atoms with Gasteiger partial charge in [-0.1, -0.05) is 12.1 Å². The first-order chi connectivity index (χ1) is 19.3. The number of hydrogen-bond acceptors (Lipinski definition) is 6. The van der Waals surface area contributed by atoms with E-state index in [4.69, 9.17) is 18.9 Å². The Hall–Kier alpha value is -4.25. The lowest BCUT2D eigenvalue weighted by molar-refractivity contribution is -0.670. The average molecular weight is 628 g/mol. The Labute approximate surface area is 241 Å². The number of fused-ring (bicyclic) bond motifs is 4. The fourth-order valence-electron chi connectivity index (χ4n) is 5.67. The number of ether oxygens (including phenoxy) is 5. The number of nitrogens with zero attached hydrogens (tertiary/aromatic N) is 1. The zero-order chi connectivity index (χ0) is 27.6. The molecule has 0 saturated carbocycles. The van der Waals surface area contributed by atoms with Gasteiger partial charge in [-0.25, -0.2) is 0 Å². The van der Waals surface area contributed by atoms with Gasteiger partial charge < -0.3 is 40.7 Å². The van der Waals surface area contributed by atoms with Crippen LogP contribution in [0.4, 0.5) is 13.2 Å². The number of aryl methyl sites for hydroxylation is 2. The minimum absolute atomic E-state index is 0. The first-order valence-electron chi connectivity index (χ1n) is 12.5. The molecule has 41 heavy (non-hydrogen) atoms. The van der Waals surface area contributed by atoms with Crippen molar-refractivity contribution in [1.29, 1.82) is 0 Å². The molecule has 0 aliphatic carbocycles. The number of alkyl halides is 3. The maximum atomic E-state index is 13.0. The van der Waals surface area contributed by atoms with Gasteiger partial charge in [0, 0.05) is 17.2 Å². The fourth-order valence-corrected chi connectivity index (χ4v) is 5.67. The Balaban J connectivity index is 0.00000302. The van der Waals surface area contributed by atoms with E-state index < -0.39 is 24.5 Å². The van der Waals surface area contributed by atoms with E-state index in [9.17, 15) is 18.0 Å². The summed E-state index contributed by atoms with van der Waals surface area (Å²) < 4.78 is 67.8. The van der Waals surface area contributed by atoms with Gasteiger partial charge in [-0.15, -0.1) is 13.2 Å². The Bertz CT molecular complexity index is 1870. The summed E-state index contributed by atoms with van der Waals surface area (Å²) in [7, 11) is 1.49. The zero-order valence-electron chi connectivity index (χ0n) is 21.5. The zero-order valence-corrected chi connectivity index (χ0v) is 23.1. The van der Waals surface area contributed by atoms with Gasteiger partial charge in [0.1, 0.15) is 5.75 Å². The minimum Gasteiger partial charge on any atom is -1.00 e. The number of hydrogen-bond donors (Lipinski definition) is 0. The van der Waals surface area contributed by atoms with Crippen LogP contribution in [-0.4, -0.2) is 32.7 Å². The Morgan fingerprint density at radius 1 is 0.976 bits per heavy atom. The van der Waals surface area contributed by atoms with E-state index in [0.717, 1.165) is 51.0 Å². The lowest BCUT2D eigenvalue weighted by atomic mass is 9.93. The molecule has 0 atom stereocenters. The first kappa shape index (κ1) is 26.9. The summed E-state index contributed by atoms with van der Waals surface area (Å²) in [5, 5.41) is 4.66. The van der Waals surface area contributed by atoms with Crippen molar-refractivity contribution < 1.29 is 63.2 Å². The van der Waals surface area contributed by atoms with Gasteiger partial charge >= 0.3 is 6.36 Å². The van der Waals surface area contributed by atoms with Crippen LogP contribution < -0.4 is 45.2 Å². The third kappa shape index (κ3) is 4.44. The van der Waals surface area contributed by atoms with Gasteiger partial charge in [0.05, 0.1) is 28.8 Å². The molecular weight excluding hydrogens is 607 g/mol. The van der Waals surface area contributed by atoms with E-state index in [1.165, 1.54) is 30.9 Å². The normalized spacial score (nSPS) is 13.5. The summed E-state index contributed by atoms with van der Waals surface area (Å²) in [6.07, 6.45) is -2.18. The van der Waals surface area contributed by atoms with Crippen LogP contribution >= 0.6 is 0 Å². The van der Waals surface area contributed by atoms with Gasteiger partial charge in [0.2, 0.25) is 18.1 Å². The van der Waals surface area contributed by atoms with Gasteiger partial charge in [0.25, 0.3) is 0 Å². The van der Waals surface area contributed by atoms with E-state index in [1.54, 1.807) is 6.07 Å². The molecule has 5 aromatic rings. The van der Waals surface area contributed by atoms with Crippen LogP contribution in [0.5, 0.6) is 28.7 Å². The van der Waals surface area contributed by atoms with Gasteiger partial charge in [0.15, 0.2) is 42.3 Å². The van der Waals surface area contributed by atoms with Gasteiger partial charge in [-0.2, -0.15) is 4.57 Å². The van der Waals surface area contributed by atoms with Crippen molar-refractivity contribution in [3.63, 3.8) is 0 Å². The van der Waals surface area contributed by atoms with E-state index >= 15 is 0 Å². The number of halogens is 4. The number of benzene rings is 4. The number of aromatic nitrogens is 1. The quantitative estimate of drug-likeness (QED) is 0.164. The molecule has 7 nitrogen and oxygen atoms in total. The van der Waals surface area contributed by atoms with Crippen LogP contribution in [0.1, 0.15) is 15.9 Å². The van der Waals surface area contributed by atoms with Crippen LogP contribution in [0.2, 0.25) is 0 Å². The molecule has 0 amide bonds. The van der Waals surface area contributed by atoms with Crippen molar-refractivity contribution >= 4 is 38.2 Å². The molecular formula is C30H21BrF3NO6. The molecule has 0 N–H and O–H groups in total. The van der Waals surface area contributed by atoms with Gasteiger partial charge in [-0.05, 0) is 48.0 Å². The number of rotatable bonds is 6. The third-order valence-corrected chi connectivity index (χ3v) is 7.32. The van der Waals surface area contributed by atoms with Gasteiger partial charge in [-0.3, -0.25) is 4.79 Å². The molecule has 0 saturated heterocycles. The Kier molecular flexibility index (Phi) is 6.56. The van der Waals surface area contributed by atoms with Crippen molar-refractivity contribution in [2.45, 2.75) is 19.3 Å². The molecule has 11 heteroatoms. The Morgan fingerprint density at radius 2 is 1.76 bits per heavy atom. The monoisotopic (exact) mass is 627 g/mol. The van der Waals surface area contributed by atoms with Crippen molar-refractivity contribution in [3.8, 4) is 28.7 Å². The SMILES string of the molecule is COc1ccc2c(c[n+]3c4c2ccc2c5c(cc(c24)CC3)OCO5)c1OCC(=O)c1ccccc1OC(F)(F)F.[Br-]. The second kappa shape index (κ2) is 9.99. The molecule has 7 rings (SSSR count). The molecule has 2 aliphatic rings. The number of pyridine rings is 1. The van der Waals surface area contributed by atoms with Crippen LogP contribution in [-0.2, 0) is 13.0 Å². The highest BCUT2D eigenvalue weighted by molar-refractivity contribution is 6.17. The summed E-state index contributed by atoms with van der Waals surface area (Å²) in [6.45, 7) is 0.378. The lowest BCUT2D eigenvalue weighted by Gasteiger charge is -2.18. The summed E-state index contributed by atoms with van der Waals surface area (Å²) >= 11 is 0. The summed E-state index contributed by atoms with van der Waals surface area (Å²) in [5.41, 5.74) is 2.00. The first-order valence-corrected chi connectivity index (χ1v) is 12.5. The van der Waals surface area contributed by atoms with Crippen LogP contribution in [0.15, 0.2) is 60.8 Å². The average Bonchev–Trinajstić information content (AvgIpc) is 3.42. The second-order valence-electron chi connectivity index (χ2n) is 9.54. The molecule has 210 valence electrons. The Morgan fingerprint density at radius 3 is 2.56 bits per heavy atom. The predicted molar refractivity (Wildman–Crippen MR) is 138 cm³/mol. The second-order valence-corrected chi connectivity index (χ2v) is 9.54. The lowest BCUT2D eigenvalue weighted by Crippen LogP contribution is -3.00. The molecule has 0 fully saturated rings. The topological polar surface area (TPSA) is 67.1 Å². The maximum absolute atomic E-state index is 13.0. The fraction of sp³-hybridized carbons (Fsp3) is 0.200. The molecule has 3 heterocycles. The molecule has 2 aliphatic heterocycles. The number of Topliss-reactive ketones (excluding diaryl/α,β-unsaturated/α-hetero) is 1. The summed E-state index contributed by atoms with van der Waals surface area (Å²) in [6, 6.07) is 15.0. The largest absolute Gasteiger partial charge is 1.00 e. The highest BCUT2D eigenvalue weighted by Gasteiger charge is 2.33. The number of carbonyl (C=O) groups is 1. The maximum Gasteiger partial charge on any atom is 0.573 e. The minimum atomic E-state index is -4.93. The predicted octanol–water partition coefficient (Wildman–Crippen LogP) is 2.89. The highest BCUT2D eigenvalue weighted by Crippen LogP contribution is 2.46. The highest BCUT2D eigenvalue weighted by atomic mass is 79.9. The van der Waals surface area contributed by atoms with E-state index in [2.05, 4.69) is 9.30 Å². The summed E-state index contributed by atoms with van der Waals surface area (Å²) in [5.74, 6) is 0.964. The number of methoxy groups -OCH3 is 1. The number of ketones is 1. The van der Waals surface area contributed by atoms with E-state index in [-0.39, 0.29) is 29.3 Å². The molecule has 0 spiro atoms. The molecule has 1 aromatic heterocycles. The number of carbonyl (C=O) groups excluding carboxylic acids is 1. The third-order valence-electron chi connectivity index (χ3n) is 7.32. The molecule has 0 radical (unpaired) electrons. The molecule has 4 aromatic carbocycles. The van der Waals surface area contributed by atoms with Crippen LogP contribution in [0.3, 0.4) is 0 Å². The van der Waals surface area contributed by atoms with E-state index in [1.807, 2.05) is 30.5 Å². The van der Waals surface area contributed by atoms with E-state index in [0.29, 0.717) is 23.4 Å². The van der Waals surface area contributed by atoms with Crippen LogP contribution in [0, 0.1) is 0 Å². The van der Waals surface area contributed by atoms with Crippen molar-refractivity contribution in [1.82, 2.24) is 0 Å². The number of para-hydroxylation sites is 1. The molecule has 0 bridgehead atoms. The van der Waals surface area contributed by atoms with Crippen molar-refractivity contribution in [3.05, 3.63) is 71.9 Å². The van der Waals surface area contributed by atoms with Crippen molar-refractivity contribution in [2.75, 3.05) is 20.5 Å². The smallest absolute Gasteiger partial charge is 0.573 e. The van der Waals surface area contributed by atoms with Crippen LogP contribution in [0.25, 0.3) is 32.4 Å². The standard InChI is InChI=1S/C30H21F3NO6.BrH/c1-36-24-9-8-17-18-6-7-20-26-16(12-25-28(20)39-15-38-25)10-11-34(27(18)26)13-21(17)29(24)37-14-22(35)19-4-2-3-5-23(19)40-30(31,32)33;/h2-9,12-13H,10-11,14-15H2,1H3;1H/q+1;/p-1.